The first-order valence-corrected chi connectivity index (χ1v) is 6.66. The van der Waals surface area contributed by atoms with E-state index in [1.165, 1.54) is 31.7 Å². The quantitative estimate of drug-likeness (QED) is 0.844. The minimum atomic E-state index is -1.12. The van der Waals surface area contributed by atoms with Gasteiger partial charge in [-0.05, 0) is 49.7 Å². The molecule has 0 aliphatic heterocycles. The lowest BCUT2D eigenvalue weighted by molar-refractivity contribution is 0.0690. The van der Waals surface area contributed by atoms with E-state index < -0.39 is 5.97 Å². The Kier molecular flexibility index (Phi) is 2.97. The van der Waals surface area contributed by atoms with E-state index in [9.17, 15) is 9.59 Å². The molecule has 2 saturated carbocycles. The van der Waals surface area contributed by atoms with Crippen molar-refractivity contribution in [3.63, 3.8) is 0 Å². The van der Waals surface area contributed by atoms with E-state index >= 15 is 0 Å². The van der Waals surface area contributed by atoms with Crippen molar-refractivity contribution in [3.05, 3.63) is 29.6 Å². The van der Waals surface area contributed by atoms with Crippen molar-refractivity contribution in [1.29, 1.82) is 0 Å². The molecule has 1 heterocycles. The average Bonchev–Trinajstić information content (AvgIpc) is 3.29. The molecule has 0 spiro atoms. The molecule has 0 bridgehead atoms. The van der Waals surface area contributed by atoms with E-state index in [-0.39, 0.29) is 23.3 Å². The third-order valence-electron chi connectivity index (χ3n) is 3.76. The van der Waals surface area contributed by atoms with Crippen molar-refractivity contribution in [2.75, 3.05) is 0 Å². The zero-order valence-corrected chi connectivity index (χ0v) is 10.5. The number of nitrogens with zero attached hydrogens (tertiary/aromatic N) is 1. The fourth-order valence-electron chi connectivity index (χ4n) is 2.44. The minimum Gasteiger partial charge on any atom is -0.477 e. The molecule has 3 rings (SSSR count). The van der Waals surface area contributed by atoms with Crippen molar-refractivity contribution >= 4 is 11.9 Å². The SMILES string of the molecule is O=C(O)c1cccc(C(=O)NC(C2CC2)C2CC2)n1. The Bertz CT molecular complexity index is 509. The summed E-state index contributed by atoms with van der Waals surface area (Å²) in [5.74, 6) is -0.152. The van der Waals surface area contributed by atoms with Crippen LogP contribution in [0.15, 0.2) is 18.2 Å². The number of rotatable bonds is 5. The molecule has 1 amide bonds. The van der Waals surface area contributed by atoms with Gasteiger partial charge in [-0.25, -0.2) is 9.78 Å². The maximum absolute atomic E-state index is 12.1. The van der Waals surface area contributed by atoms with Gasteiger partial charge in [-0.3, -0.25) is 4.79 Å². The standard InChI is InChI=1S/C14H16N2O3/c17-13(10-2-1-3-11(15-10)14(18)19)16-12(8-4-5-8)9-6-7-9/h1-3,8-9,12H,4-7H2,(H,16,17)(H,18,19). The molecule has 2 aliphatic rings. The second kappa shape index (κ2) is 4.64. The fraction of sp³-hybridized carbons (Fsp3) is 0.500. The third kappa shape index (κ3) is 2.75. The normalized spacial score (nSPS) is 18.4. The van der Waals surface area contributed by atoms with Crippen molar-refractivity contribution in [1.82, 2.24) is 10.3 Å². The van der Waals surface area contributed by atoms with E-state index in [1.807, 2.05) is 0 Å². The zero-order chi connectivity index (χ0) is 13.4. The Balaban J connectivity index is 1.72. The fourth-order valence-corrected chi connectivity index (χ4v) is 2.44. The largest absolute Gasteiger partial charge is 0.477 e. The molecule has 2 aliphatic carbocycles. The van der Waals surface area contributed by atoms with Gasteiger partial charge in [0.25, 0.3) is 5.91 Å². The van der Waals surface area contributed by atoms with Gasteiger partial charge < -0.3 is 10.4 Å². The summed E-state index contributed by atoms with van der Waals surface area (Å²) < 4.78 is 0. The molecule has 2 N–H and O–H groups in total. The molecule has 100 valence electrons. The van der Waals surface area contributed by atoms with Crippen molar-refractivity contribution in [3.8, 4) is 0 Å². The van der Waals surface area contributed by atoms with Crippen LogP contribution < -0.4 is 5.32 Å². The van der Waals surface area contributed by atoms with Crippen molar-refractivity contribution < 1.29 is 14.7 Å². The smallest absolute Gasteiger partial charge is 0.354 e. The van der Waals surface area contributed by atoms with Crippen LogP contribution in [-0.4, -0.2) is 28.0 Å². The molecule has 5 heteroatoms. The summed E-state index contributed by atoms with van der Waals surface area (Å²) in [7, 11) is 0. The topological polar surface area (TPSA) is 79.3 Å². The van der Waals surface area contributed by atoms with Gasteiger partial charge in [-0.15, -0.1) is 0 Å². The maximum Gasteiger partial charge on any atom is 0.354 e. The first-order chi connectivity index (χ1) is 9.15. The van der Waals surface area contributed by atoms with Crippen LogP contribution in [0.4, 0.5) is 0 Å². The van der Waals surface area contributed by atoms with Crippen LogP contribution in [0, 0.1) is 11.8 Å². The van der Waals surface area contributed by atoms with Gasteiger partial charge in [0, 0.05) is 6.04 Å². The summed E-state index contributed by atoms with van der Waals surface area (Å²) in [6, 6.07) is 4.74. The van der Waals surface area contributed by atoms with Crippen LogP contribution in [0.5, 0.6) is 0 Å². The van der Waals surface area contributed by atoms with Crippen LogP contribution in [0.25, 0.3) is 0 Å². The first-order valence-electron chi connectivity index (χ1n) is 6.66. The molecular formula is C14H16N2O3. The van der Waals surface area contributed by atoms with E-state index in [4.69, 9.17) is 5.11 Å². The van der Waals surface area contributed by atoms with Gasteiger partial charge >= 0.3 is 5.97 Å². The third-order valence-corrected chi connectivity index (χ3v) is 3.76. The molecule has 0 unspecified atom stereocenters. The van der Waals surface area contributed by atoms with Crippen LogP contribution in [0.2, 0.25) is 0 Å². The first kappa shape index (κ1) is 12.1. The molecule has 5 nitrogen and oxygen atoms in total. The lowest BCUT2D eigenvalue weighted by Crippen LogP contribution is -2.38. The van der Waals surface area contributed by atoms with Crippen molar-refractivity contribution in [2.45, 2.75) is 31.7 Å². The Morgan fingerprint density at radius 3 is 2.26 bits per heavy atom. The number of hydrogen-bond acceptors (Lipinski definition) is 3. The number of amides is 1. The van der Waals surface area contributed by atoms with Gasteiger partial charge in [-0.2, -0.15) is 0 Å². The van der Waals surface area contributed by atoms with Gasteiger partial charge in [0.2, 0.25) is 0 Å². The number of carbonyl (C=O) groups excluding carboxylic acids is 1. The molecule has 1 aromatic rings. The van der Waals surface area contributed by atoms with E-state index in [1.54, 1.807) is 12.1 Å². The van der Waals surface area contributed by atoms with Crippen LogP contribution in [-0.2, 0) is 0 Å². The highest BCUT2D eigenvalue weighted by atomic mass is 16.4. The minimum absolute atomic E-state index is 0.0953. The van der Waals surface area contributed by atoms with Crippen molar-refractivity contribution in [2.24, 2.45) is 11.8 Å². The number of hydrogen-bond donors (Lipinski definition) is 2. The van der Waals surface area contributed by atoms with E-state index in [0.29, 0.717) is 11.8 Å². The van der Waals surface area contributed by atoms with Crippen LogP contribution in [0.1, 0.15) is 46.7 Å². The molecule has 0 saturated heterocycles. The summed E-state index contributed by atoms with van der Waals surface area (Å²) in [4.78, 5) is 26.8. The zero-order valence-electron chi connectivity index (χ0n) is 10.5. The summed E-state index contributed by atoms with van der Waals surface area (Å²) >= 11 is 0. The molecule has 0 atom stereocenters. The number of aromatic nitrogens is 1. The summed E-state index contributed by atoms with van der Waals surface area (Å²) in [5, 5.41) is 11.9. The lowest BCUT2D eigenvalue weighted by Gasteiger charge is -2.17. The number of carbonyl (C=O) groups is 2. The predicted molar refractivity (Wildman–Crippen MR) is 67.9 cm³/mol. The Morgan fingerprint density at radius 1 is 1.16 bits per heavy atom. The molecule has 19 heavy (non-hydrogen) atoms. The van der Waals surface area contributed by atoms with E-state index in [2.05, 4.69) is 10.3 Å². The average molecular weight is 260 g/mol. The highest BCUT2D eigenvalue weighted by Gasteiger charge is 2.42. The maximum atomic E-state index is 12.1. The molecule has 0 radical (unpaired) electrons. The van der Waals surface area contributed by atoms with Gasteiger partial charge in [0.15, 0.2) is 0 Å². The Morgan fingerprint density at radius 2 is 1.74 bits per heavy atom. The molecule has 0 aromatic carbocycles. The van der Waals surface area contributed by atoms with Gasteiger partial charge in [0.05, 0.1) is 0 Å². The number of carboxylic acid groups (broad SMARTS) is 1. The highest BCUT2D eigenvalue weighted by molar-refractivity contribution is 5.94. The number of aromatic carboxylic acids is 1. The summed E-state index contributed by atoms with van der Waals surface area (Å²) in [6.45, 7) is 0. The Hall–Kier alpha value is -1.91. The second-order valence-electron chi connectivity index (χ2n) is 5.39. The molecule has 2 fully saturated rings. The van der Waals surface area contributed by atoms with Crippen LogP contribution >= 0.6 is 0 Å². The molecule has 1 aromatic heterocycles. The van der Waals surface area contributed by atoms with Gasteiger partial charge in [-0.1, -0.05) is 6.07 Å². The lowest BCUT2D eigenvalue weighted by atomic mass is 10.1. The number of nitrogens with one attached hydrogen (secondary N) is 1. The number of carboxylic acids is 1. The Labute approximate surface area is 111 Å². The number of pyridine rings is 1. The summed E-state index contributed by atoms with van der Waals surface area (Å²) in [5.41, 5.74) is 0.0910. The van der Waals surface area contributed by atoms with Gasteiger partial charge in [0.1, 0.15) is 11.4 Å². The van der Waals surface area contributed by atoms with E-state index in [0.717, 1.165) is 0 Å². The second-order valence-corrected chi connectivity index (χ2v) is 5.39. The van der Waals surface area contributed by atoms with Crippen LogP contribution in [0.3, 0.4) is 0 Å². The predicted octanol–water partition coefficient (Wildman–Crippen LogP) is 1.70. The summed E-state index contributed by atoms with van der Waals surface area (Å²) in [6.07, 6.45) is 4.74. The molecular weight excluding hydrogens is 244 g/mol. The highest BCUT2D eigenvalue weighted by Crippen LogP contribution is 2.44. The monoisotopic (exact) mass is 260 g/mol.